The second-order valence-electron chi connectivity index (χ2n) is 5.58. The van der Waals surface area contributed by atoms with Crippen LogP contribution in [0.2, 0.25) is 0 Å². The Balaban J connectivity index is 2.10. The molecule has 0 aliphatic heterocycles. The predicted molar refractivity (Wildman–Crippen MR) is 96.2 cm³/mol. The Labute approximate surface area is 150 Å². The van der Waals surface area contributed by atoms with Gasteiger partial charge in [-0.1, -0.05) is 35.9 Å². The third kappa shape index (κ3) is 3.41. The molecular formula is C18H16ClNO4S. The number of alkyl halides is 1. The van der Waals surface area contributed by atoms with E-state index in [9.17, 15) is 13.2 Å². The molecule has 0 aliphatic rings. The highest BCUT2D eigenvalue weighted by molar-refractivity contribution is 7.90. The first-order valence-electron chi connectivity index (χ1n) is 7.56. The van der Waals surface area contributed by atoms with Crippen molar-refractivity contribution in [2.24, 2.45) is 0 Å². The van der Waals surface area contributed by atoms with Gasteiger partial charge in [0.15, 0.2) is 0 Å². The number of fused-ring (bicyclic) bond motifs is 1. The summed E-state index contributed by atoms with van der Waals surface area (Å²) in [7, 11) is -3.76. The van der Waals surface area contributed by atoms with Gasteiger partial charge >= 0.3 is 5.97 Å². The highest BCUT2D eigenvalue weighted by Crippen LogP contribution is 2.26. The Kier molecular flexibility index (Phi) is 4.83. The van der Waals surface area contributed by atoms with E-state index in [-0.39, 0.29) is 17.4 Å². The van der Waals surface area contributed by atoms with Crippen LogP contribution in [0.5, 0.6) is 0 Å². The molecular weight excluding hydrogens is 362 g/mol. The summed E-state index contributed by atoms with van der Waals surface area (Å²) in [6, 6.07) is 13.7. The topological polar surface area (TPSA) is 65.4 Å². The highest BCUT2D eigenvalue weighted by Gasteiger charge is 2.21. The van der Waals surface area contributed by atoms with E-state index in [1.54, 1.807) is 48.5 Å². The number of benzene rings is 2. The first-order valence-corrected chi connectivity index (χ1v) is 9.54. The number of halogens is 1. The quantitative estimate of drug-likeness (QED) is 0.504. The van der Waals surface area contributed by atoms with Crippen molar-refractivity contribution in [1.29, 1.82) is 0 Å². The van der Waals surface area contributed by atoms with E-state index in [2.05, 4.69) is 0 Å². The van der Waals surface area contributed by atoms with Gasteiger partial charge in [-0.25, -0.2) is 12.4 Å². The summed E-state index contributed by atoms with van der Waals surface area (Å²) in [5.74, 6) is -0.805. The smallest absolute Gasteiger partial charge is 0.321 e. The van der Waals surface area contributed by atoms with Crippen molar-refractivity contribution < 1.29 is 17.9 Å². The van der Waals surface area contributed by atoms with Crippen molar-refractivity contribution in [1.82, 2.24) is 3.97 Å². The Hall–Kier alpha value is -2.31. The molecule has 0 amide bonds. The standard InChI is InChI=1S/C18H16ClNO4S/c1-13-6-8-15(9-7-13)25(22,23)20-11-14(12-24-18(21)10-19)16-4-2-3-5-17(16)20/h2-9,11H,10,12H2,1H3. The van der Waals surface area contributed by atoms with Crippen LogP contribution < -0.4 is 0 Å². The molecule has 0 aliphatic carbocycles. The van der Waals surface area contributed by atoms with Crippen LogP contribution in [-0.2, 0) is 26.2 Å². The van der Waals surface area contributed by atoms with Crippen molar-refractivity contribution in [2.45, 2.75) is 18.4 Å². The Bertz CT molecular complexity index is 1020. The molecule has 0 saturated heterocycles. The number of hydrogen-bond donors (Lipinski definition) is 0. The van der Waals surface area contributed by atoms with Crippen LogP contribution in [-0.4, -0.2) is 24.2 Å². The van der Waals surface area contributed by atoms with Crippen LogP contribution in [0, 0.1) is 6.92 Å². The third-order valence-corrected chi connectivity index (χ3v) is 5.74. The maximum absolute atomic E-state index is 13.0. The molecule has 3 rings (SSSR count). The molecule has 5 nitrogen and oxygen atoms in total. The van der Waals surface area contributed by atoms with Gasteiger partial charge in [-0.15, -0.1) is 11.6 Å². The van der Waals surface area contributed by atoms with Gasteiger partial charge in [-0.05, 0) is 25.1 Å². The van der Waals surface area contributed by atoms with Crippen LogP contribution in [0.1, 0.15) is 11.1 Å². The maximum Gasteiger partial charge on any atom is 0.321 e. The number of carbonyl (C=O) groups is 1. The Morgan fingerprint density at radius 3 is 2.48 bits per heavy atom. The van der Waals surface area contributed by atoms with Gasteiger partial charge in [0, 0.05) is 17.1 Å². The number of rotatable bonds is 5. The number of aryl methyl sites for hydroxylation is 1. The Morgan fingerprint density at radius 1 is 1.12 bits per heavy atom. The first kappa shape index (κ1) is 17.5. The van der Waals surface area contributed by atoms with Gasteiger partial charge in [0.05, 0.1) is 10.4 Å². The summed E-state index contributed by atoms with van der Waals surface area (Å²) in [5, 5.41) is 0.709. The highest BCUT2D eigenvalue weighted by atomic mass is 35.5. The normalized spacial score (nSPS) is 11.6. The molecule has 0 spiro atoms. The summed E-state index contributed by atoms with van der Waals surface area (Å²) in [6.45, 7) is 1.85. The molecule has 1 aromatic heterocycles. The van der Waals surface area contributed by atoms with Gasteiger partial charge in [-0.3, -0.25) is 4.79 Å². The zero-order valence-electron chi connectivity index (χ0n) is 13.5. The lowest BCUT2D eigenvalue weighted by atomic mass is 10.2. The summed E-state index contributed by atoms with van der Waals surface area (Å²) in [5.41, 5.74) is 2.11. The van der Waals surface area contributed by atoms with E-state index in [0.29, 0.717) is 16.5 Å². The van der Waals surface area contributed by atoms with Crippen LogP contribution in [0.15, 0.2) is 59.6 Å². The summed E-state index contributed by atoms with van der Waals surface area (Å²) in [4.78, 5) is 11.5. The minimum atomic E-state index is -3.76. The molecule has 0 atom stereocenters. The fraction of sp³-hybridized carbons (Fsp3) is 0.167. The maximum atomic E-state index is 13.0. The molecule has 3 aromatic rings. The number of esters is 1. The number of ether oxygens (including phenoxy) is 1. The molecule has 0 bridgehead atoms. The van der Waals surface area contributed by atoms with Crippen molar-refractivity contribution >= 4 is 38.5 Å². The molecule has 1 heterocycles. The van der Waals surface area contributed by atoms with E-state index < -0.39 is 16.0 Å². The van der Waals surface area contributed by atoms with Crippen molar-refractivity contribution in [3.8, 4) is 0 Å². The van der Waals surface area contributed by atoms with Gasteiger partial charge < -0.3 is 4.74 Å². The van der Waals surface area contributed by atoms with E-state index in [4.69, 9.17) is 16.3 Å². The lowest BCUT2D eigenvalue weighted by Gasteiger charge is -2.07. The van der Waals surface area contributed by atoms with Crippen molar-refractivity contribution in [3.05, 3.63) is 65.9 Å². The molecule has 0 N–H and O–H groups in total. The lowest BCUT2D eigenvalue weighted by Crippen LogP contribution is -2.12. The minimum absolute atomic E-state index is 0.0392. The second kappa shape index (κ2) is 6.90. The number of nitrogens with zero attached hydrogens (tertiary/aromatic N) is 1. The number of carbonyl (C=O) groups excluding carboxylic acids is 1. The monoisotopic (exact) mass is 377 g/mol. The van der Waals surface area contributed by atoms with Crippen molar-refractivity contribution in [2.75, 3.05) is 5.88 Å². The fourth-order valence-electron chi connectivity index (χ4n) is 2.55. The zero-order chi connectivity index (χ0) is 18.0. The first-order chi connectivity index (χ1) is 11.9. The van der Waals surface area contributed by atoms with E-state index in [0.717, 1.165) is 5.56 Å². The van der Waals surface area contributed by atoms with Crippen LogP contribution in [0.4, 0.5) is 0 Å². The number of hydrogen-bond acceptors (Lipinski definition) is 4. The van der Waals surface area contributed by atoms with Gasteiger partial charge in [0.25, 0.3) is 10.0 Å². The van der Waals surface area contributed by atoms with Gasteiger partial charge in [0.1, 0.15) is 12.5 Å². The second-order valence-corrected chi connectivity index (χ2v) is 7.66. The van der Waals surface area contributed by atoms with E-state index in [1.807, 2.05) is 6.92 Å². The lowest BCUT2D eigenvalue weighted by molar-refractivity contribution is -0.141. The van der Waals surface area contributed by atoms with E-state index >= 15 is 0 Å². The number of aromatic nitrogens is 1. The summed E-state index contributed by atoms with van der Waals surface area (Å²) < 4.78 is 32.3. The average molecular weight is 378 g/mol. The molecule has 0 saturated carbocycles. The summed E-state index contributed by atoms with van der Waals surface area (Å²) in [6.07, 6.45) is 1.49. The largest absolute Gasteiger partial charge is 0.460 e. The van der Waals surface area contributed by atoms with Crippen LogP contribution in [0.25, 0.3) is 10.9 Å². The minimum Gasteiger partial charge on any atom is -0.460 e. The van der Waals surface area contributed by atoms with Gasteiger partial charge in [0.2, 0.25) is 0 Å². The zero-order valence-corrected chi connectivity index (χ0v) is 15.0. The number of para-hydroxylation sites is 1. The molecule has 25 heavy (non-hydrogen) atoms. The summed E-state index contributed by atoms with van der Waals surface area (Å²) >= 11 is 5.43. The van der Waals surface area contributed by atoms with E-state index in [1.165, 1.54) is 10.2 Å². The van der Waals surface area contributed by atoms with Crippen molar-refractivity contribution in [3.63, 3.8) is 0 Å². The third-order valence-electron chi connectivity index (χ3n) is 3.84. The average Bonchev–Trinajstić information content (AvgIpc) is 2.99. The molecule has 2 aromatic carbocycles. The molecule has 7 heteroatoms. The molecule has 0 unspecified atom stereocenters. The van der Waals surface area contributed by atoms with Crippen LogP contribution in [0.3, 0.4) is 0 Å². The molecule has 0 fully saturated rings. The molecule has 130 valence electrons. The SMILES string of the molecule is Cc1ccc(S(=O)(=O)n2cc(COC(=O)CCl)c3ccccc32)cc1. The molecule has 0 radical (unpaired) electrons. The fourth-order valence-corrected chi connectivity index (χ4v) is 4.02. The van der Waals surface area contributed by atoms with Gasteiger partial charge in [-0.2, -0.15) is 0 Å². The Morgan fingerprint density at radius 2 is 1.80 bits per heavy atom. The predicted octanol–water partition coefficient (Wildman–Crippen LogP) is 3.47. The van der Waals surface area contributed by atoms with Crippen LogP contribution >= 0.6 is 11.6 Å².